The molecule has 3 heterocycles. The van der Waals surface area contributed by atoms with Gasteiger partial charge in [0.15, 0.2) is 5.76 Å². The molecule has 0 spiro atoms. The molecule has 0 aliphatic rings. The zero-order chi connectivity index (χ0) is 16.6. The lowest BCUT2D eigenvalue weighted by Crippen LogP contribution is -2.24. The first kappa shape index (κ1) is 15.6. The molecule has 0 bridgehead atoms. The molecule has 3 aromatic rings. The van der Waals surface area contributed by atoms with Crippen LogP contribution in [0.5, 0.6) is 0 Å². The molecular formula is C16H17ClN4O2. The molecule has 0 saturated carbocycles. The van der Waals surface area contributed by atoms with Crippen LogP contribution in [0.2, 0.25) is 5.02 Å². The Balaban J connectivity index is 1.77. The molecule has 120 valence electrons. The van der Waals surface area contributed by atoms with E-state index in [1.165, 1.54) is 0 Å². The highest BCUT2D eigenvalue weighted by Gasteiger charge is 2.22. The Hall–Kier alpha value is -2.34. The molecule has 1 amide bonds. The van der Waals surface area contributed by atoms with E-state index in [-0.39, 0.29) is 11.8 Å². The van der Waals surface area contributed by atoms with Crippen molar-refractivity contribution in [2.45, 2.75) is 33.2 Å². The second-order valence-electron chi connectivity index (χ2n) is 5.69. The van der Waals surface area contributed by atoms with Crippen LogP contribution in [0.4, 0.5) is 0 Å². The van der Waals surface area contributed by atoms with Gasteiger partial charge in [0.2, 0.25) is 0 Å². The second-order valence-corrected chi connectivity index (χ2v) is 6.13. The summed E-state index contributed by atoms with van der Waals surface area (Å²) < 4.78 is 7.07. The third-order valence-electron chi connectivity index (χ3n) is 3.54. The van der Waals surface area contributed by atoms with Crippen molar-refractivity contribution < 1.29 is 9.32 Å². The SMILES string of the molecule is Cc1noc(C(C)C)c1C(=O)NCc1cn2cc(Cl)ccc2n1. The van der Waals surface area contributed by atoms with E-state index in [0.29, 0.717) is 28.6 Å². The molecule has 0 radical (unpaired) electrons. The van der Waals surface area contributed by atoms with E-state index in [0.717, 1.165) is 11.3 Å². The van der Waals surface area contributed by atoms with Gasteiger partial charge in [0.05, 0.1) is 23.0 Å². The summed E-state index contributed by atoms with van der Waals surface area (Å²) in [6.07, 6.45) is 3.61. The predicted molar refractivity (Wildman–Crippen MR) is 86.7 cm³/mol. The van der Waals surface area contributed by atoms with Gasteiger partial charge >= 0.3 is 0 Å². The Labute approximate surface area is 138 Å². The molecule has 1 N–H and O–H groups in total. The molecule has 0 saturated heterocycles. The van der Waals surface area contributed by atoms with Gasteiger partial charge in [-0.05, 0) is 19.1 Å². The maximum Gasteiger partial charge on any atom is 0.257 e. The Morgan fingerprint density at radius 2 is 2.17 bits per heavy atom. The van der Waals surface area contributed by atoms with Crippen molar-refractivity contribution >= 4 is 23.2 Å². The van der Waals surface area contributed by atoms with Crippen molar-refractivity contribution in [2.24, 2.45) is 0 Å². The number of carbonyl (C=O) groups excluding carboxylic acids is 1. The van der Waals surface area contributed by atoms with Gasteiger partial charge in [-0.25, -0.2) is 4.98 Å². The number of nitrogens with one attached hydrogen (secondary N) is 1. The lowest BCUT2D eigenvalue weighted by atomic mass is 10.0. The van der Waals surface area contributed by atoms with Crippen molar-refractivity contribution in [1.82, 2.24) is 19.9 Å². The minimum Gasteiger partial charge on any atom is -0.360 e. The highest BCUT2D eigenvalue weighted by atomic mass is 35.5. The predicted octanol–water partition coefficient (Wildman–Crippen LogP) is 3.34. The van der Waals surface area contributed by atoms with Gasteiger partial charge in [0.1, 0.15) is 11.2 Å². The number of halogens is 1. The van der Waals surface area contributed by atoms with E-state index in [9.17, 15) is 4.79 Å². The van der Waals surface area contributed by atoms with Crippen LogP contribution in [0.25, 0.3) is 5.65 Å². The van der Waals surface area contributed by atoms with Gasteiger partial charge in [0.25, 0.3) is 5.91 Å². The van der Waals surface area contributed by atoms with Gasteiger partial charge in [-0.2, -0.15) is 0 Å². The smallest absolute Gasteiger partial charge is 0.257 e. The molecule has 0 aliphatic carbocycles. The van der Waals surface area contributed by atoms with Crippen LogP contribution >= 0.6 is 11.6 Å². The largest absolute Gasteiger partial charge is 0.360 e. The minimum absolute atomic E-state index is 0.0919. The van der Waals surface area contributed by atoms with Crippen LogP contribution in [0, 0.1) is 6.92 Å². The quantitative estimate of drug-likeness (QED) is 0.795. The maximum absolute atomic E-state index is 12.4. The van der Waals surface area contributed by atoms with Crippen molar-refractivity contribution in [3.63, 3.8) is 0 Å². The van der Waals surface area contributed by atoms with E-state index in [4.69, 9.17) is 16.1 Å². The lowest BCUT2D eigenvalue weighted by molar-refractivity contribution is 0.0947. The molecule has 3 aromatic heterocycles. The van der Waals surface area contributed by atoms with Crippen molar-refractivity contribution in [1.29, 1.82) is 0 Å². The zero-order valence-electron chi connectivity index (χ0n) is 13.1. The molecule has 0 unspecified atom stereocenters. The minimum atomic E-state index is -0.206. The number of carbonyl (C=O) groups is 1. The number of rotatable bonds is 4. The number of amides is 1. The van der Waals surface area contributed by atoms with Gasteiger partial charge in [-0.1, -0.05) is 30.6 Å². The van der Waals surface area contributed by atoms with E-state index in [1.54, 1.807) is 19.2 Å². The van der Waals surface area contributed by atoms with E-state index in [2.05, 4.69) is 15.5 Å². The Morgan fingerprint density at radius 1 is 1.39 bits per heavy atom. The summed E-state index contributed by atoms with van der Waals surface area (Å²) in [5.41, 5.74) is 2.63. The number of nitrogens with zero attached hydrogens (tertiary/aromatic N) is 3. The third kappa shape index (κ3) is 3.07. The van der Waals surface area contributed by atoms with Crippen LogP contribution in [0.1, 0.15) is 47.3 Å². The summed E-state index contributed by atoms with van der Waals surface area (Å²) in [5, 5.41) is 7.39. The average Bonchev–Trinajstić information content (AvgIpc) is 3.07. The molecule has 0 atom stereocenters. The van der Waals surface area contributed by atoms with Crippen LogP contribution in [0.3, 0.4) is 0 Å². The van der Waals surface area contributed by atoms with E-state index in [1.807, 2.05) is 30.5 Å². The summed E-state index contributed by atoms with van der Waals surface area (Å²) in [5.74, 6) is 0.485. The number of fused-ring (bicyclic) bond motifs is 1. The fourth-order valence-electron chi connectivity index (χ4n) is 2.42. The number of hydrogen-bond donors (Lipinski definition) is 1. The fourth-order valence-corrected chi connectivity index (χ4v) is 2.59. The molecule has 0 aliphatic heterocycles. The van der Waals surface area contributed by atoms with Crippen LogP contribution in [-0.2, 0) is 6.54 Å². The summed E-state index contributed by atoms with van der Waals surface area (Å²) in [6, 6.07) is 3.61. The lowest BCUT2D eigenvalue weighted by Gasteiger charge is -2.05. The van der Waals surface area contributed by atoms with Crippen molar-refractivity contribution in [3.8, 4) is 0 Å². The maximum atomic E-state index is 12.4. The fraction of sp³-hybridized carbons (Fsp3) is 0.312. The van der Waals surface area contributed by atoms with Crippen molar-refractivity contribution in [2.75, 3.05) is 0 Å². The first-order valence-electron chi connectivity index (χ1n) is 7.33. The van der Waals surface area contributed by atoms with Crippen molar-refractivity contribution in [3.05, 3.63) is 52.3 Å². The molecule has 23 heavy (non-hydrogen) atoms. The summed E-state index contributed by atoms with van der Waals surface area (Å²) in [6.45, 7) is 6.00. The van der Waals surface area contributed by atoms with Gasteiger partial charge in [0, 0.05) is 18.3 Å². The van der Waals surface area contributed by atoms with Crippen LogP contribution in [0.15, 0.2) is 29.0 Å². The topological polar surface area (TPSA) is 72.4 Å². The number of aromatic nitrogens is 3. The normalized spacial score (nSPS) is 11.3. The first-order valence-corrected chi connectivity index (χ1v) is 7.71. The summed E-state index contributed by atoms with van der Waals surface area (Å²) >= 11 is 5.95. The molecule has 7 heteroatoms. The zero-order valence-corrected chi connectivity index (χ0v) is 13.9. The highest BCUT2D eigenvalue weighted by molar-refractivity contribution is 6.30. The average molecular weight is 333 g/mol. The second kappa shape index (κ2) is 6.04. The van der Waals surface area contributed by atoms with Crippen LogP contribution in [-0.4, -0.2) is 20.4 Å². The molecule has 0 fully saturated rings. The van der Waals surface area contributed by atoms with Gasteiger partial charge < -0.3 is 14.2 Å². The standard InChI is InChI=1S/C16H17ClN4O2/c1-9(2)15-14(10(3)20-23-15)16(22)18-6-12-8-21-7-11(17)4-5-13(21)19-12/h4-5,7-9H,6H2,1-3H3,(H,18,22). The Morgan fingerprint density at radius 3 is 2.91 bits per heavy atom. The molecule has 3 rings (SSSR count). The van der Waals surface area contributed by atoms with Crippen LogP contribution < -0.4 is 5.32 Å². The number of pyridine rings is 1. The van der Waals surface area contributed by atoms with E-state index < -0.39 is 0 Å². The number of aryl methyl sites for hydroxylation is 1. The molecule has 6 nitrogen and oxygen atoms in total. The monoisotopic (exact) mass is 332 g/mol. The van der Waals surface area contributed by atoms with E-state index >= 15 is 0 Å². The number of hydrogen-bond acceptors (Lipinski definition) is 4. The Bertz CT molecular complexity index is 866. The summed E-state index contributed by atoms with van der Waals surface area (Å²) in [4.78, 5) is 16.9. The molecule has 0 aromatic carbocycles. The van der Waals surface area contributed by atoms with Gasteiger partial charge in [-0.3, -0.25) is 4.79 Å². The summed E-state index contributed by atoms with van der Waals surface area (Å²) in [7, 11) is 0. The third-order valence-corrected chi connectivity index (χ3v) is 3.76. The number of imidazole rings is 1. The van der Waals surface area contributed by atoms with Gasteiger partial charge in [-0.15, -0.1) is 0 Å². The highest BCUT2D eigenvalue weighted by Crippen LogP contribution is 2.22. The Kier molecular flexibility index (Phi) is 4.09. The first-order chi connectivity index (χ1) is 11.0. The molecular weight excluding hydrogens is 316 g/mol.